The van der Waals surface area contributed by atoms with E-state index in [9.17, 15) is 4.79 Å². The summed E-state index contributed by atoms with van der Waals surface area (Å²) < 4.78 is 3.18. The predicted molar refractivity (Wildman–Crippen MR) is 90.9 cm³/mol. The Hall–Kier alpha value is -2.67. The van der Waals surface area contributed by atoms with Crippen LogP contribution in [0.2, 0.25) is 5.02 Å². The molecule has 1 N–H and O–H groups in total. The van der Waals surface area contributed by atoms with Crippen LogP contribution in [0.4, 0.5) is 5.95 Å². The van der Waals surface area contributed by atoms with E-state index >= 15 is 0 Å². The number of aryl methyl sites for hydroxylation is 1. The van der Waals surface area contributed by atoms with Crippen LogP contribution in [0.25, 0.3) is 0 Å². The van der Waals surface area contributed by atoms with Crippen molar-refractivity contribution < 1.29 is 4.79 Å². The Morgan fingerprint density at radius 2 is 2.17 bits per heavy atom. The Kier molecular flexibility index (Phi) is 4.61. The zero-order chi connectivity index (χ0) is 17.1. The quantitative estimate of drug-likeness (QED) is 0.772. The third kappa shape index (κ3) is 3.62. The van der Waals surface area contributed by atoms with E-state index in [0.717, 1.165) is 5.56 Å². The Bertz CT molecular complexity index is 856. The van der Waals surface area contributed by atoms with Crippen LogP contribution in [0, 0.1) is 6.92 Å². The Balaban J connectivity index is 1.65. The van der Waals surface area contributed by atoms with E-state index in [0.29, 0.717) is 11.6 Å². The molecule has 1 atom stereocenters. The molecule has 7 nitrogen and oxygen atoms in total. The van der Waals surface area contributed by atoms with Gasteiger partial charge in [0.1, 0.15) is 12.4 Å². The molecule has 3 rings (SSSR count). The van der Waals surface area contributed by atoms with Crippen LogP contribution < -0.4 is 5.32 Å². The molecule has 0 spiro atoms. The number of aromatic nitrogens is 5. The van der Waals surface area contributed by atoms with E-state index in [4.69, 9.17) is 11.6 Å². The zero-order valence-electron chi connectivity index (χ0n) is 13.3. The van der Waals surface area contributed by atoms with Crippen molar-refractivity contribution in [2.24, 2.45) is 0 Å². The van der Waals surface area contributed by atoms with Gasteiger partial charge in [0.2, 0.25) is 5.95 Å². The Morgan fingerprint density at radius 1 is 1.38 bits per heavy atom. The normalized spacial score (nSPS) is 12.1. The second-order valence-electron chi connectivity index (χ2n) is 5.50. The van der Waals surface area contributed by atoms with Gasteiger partial charge >= 0.3 is 0 Å². The first-order valence-corrected chi connectivity index (χ1v) is 7.85. The number of carbonyl (C=O) groups is 1. The summed E-state index contributed by atoms with van der Waals surface area (Å²) in [6, 6.07) is 7.55. The molecule has 2 heterocycles. The van der Waals surface area contributed by atoms with Crippen LogP contribution in [-0.4, -0.2) is 30.5 Å². The monoisotopic (exact) mass is 344 g/mol. The van der Waals surface area contributed by atoms with Gasteiger partial charge in [0.05, 0.1) is 17.8 Å². The van der Waals surface area contributed by atoms with Crippen molar-refractivity contribution in [3.05, 3.63) is 59.1 Å². The number of anilines is 1. The van der Waals surface area contributed by atoms with E-state index in [1.54, 1.807) is 24.1 Å². The van der Waals surface area contributed by atoms with Gasteiger partial charge in [-0.2, -0.15) is 5.10 Å². The van der Waals surface area contributed by atoms with Crippen molar-refractivity contribution in [3.63, 3.8) is 0 Å². The van der Waals surface area contributed by atoms with Gasteiger partial charge in [-0.1, -0.05) is 35.9 Å². The smallest absolute Gasteiger partial charge is 0.251 e. The lowest BCUT2D eigenvalue weighted by Gasteiger charge is -2.10. The van der Waals surface area contributed by atoms with E-state index in [-0.39, 0.29) is 11.9 Å². The highest BCUT2D eigenvalue weighted by molar-refractivity contribution is 6.30. The maximum Gasteiger partial charge on any atom is 0.251 e. The van der Waals surface area contributed by atoms with Gasteiger partial charge in [0.25, 0.3) is 5.91 Å². The van der Waals surface area contributed by atoms with Crippen molar-refractivity contribution >= 4 is 23.5 Å². The molecule has 0 fully saturated rings. The maximum absolute atomic E-state index is 12.2. The third-order valence-electron chi connectivity index (χ3n) is 3.71. The summed E-state index contributed by atoms with van der Waals surface area (Å²) in [6.07, 6.45) is 4.67. The third-order valence-corrected chi connectivity index (χ3v) is 3.91. The second kappa shape index (κ2) is 6.84. The molecule has 0 aliphatic rings. The summed E-state index contributed by atoms with van der Waals surface area (Å²) in [5.74, 6) is 0.00194. The molecule has 1 amide bonds. The molecule has 3 aromatic rings. The lowest BCUT2D eigenvalue weighted by atomic mass is 10.1. The molecule has 8 heteroatoms. The number of amides is 1. The first kappa shape index (κ1) is 16.2. The van der Waals surface area contributed by atoms with E-state index in [1.165, 1.54) is 16.4 Å². The molecular formula is C16H17ClN6O. The average molecular weight is 345 g/mol. The fourth-order valence-corrected chi connectivity index (χ4v) is 2.40. The number of nitrogens with zero attached hydrogens (tertiary/aromatic N) is 5. The van der Waals surface area contributed by atoms with Crippen LogP contribution in [-0.2, 0) is 11.3 Å². The number of nitrogens with one attached hydrogen (secondary N) is 1. The lowest BCUT2D eigenvalue weighted by molar-refractivity contribution is -0.119. The summed E-state index contributed by atoms with van der Waals surface area (Å²) >= 11 is 5.82. The minimum atomic E-state index is -0.513. The van der Waals surface area contributed by atoms with E-state index < -0.39 is 6.04 Å². The van der Waals surface area contributed by atoms with Gasteiger partial charge in [-0.05, 0) is 25.0 Å². The number of carbonyl (C=O) groups excluding carboxylic acids is 1. The molecule has 0 aliphatic carbocycles. The number of halogens is 1. The van der Waals surface area contributed by atoms with Crippen LogP contribution >= 0.6 is 11.6 Å². The summed E-state index contributed by atoms with van der Waals surface area (Å²) in [5, 5.41) is 11.5. The number of benzene rings is 1. The SMILES string of the molecule is Cc1ccccc1Cn1cnc(NC(=O)C(C)n2cc(Cl)cn2)n1. The molecule has 2 aromatic heterocycles. The highest BCUT2D eigenvalue weighted by Crippen LogP contribution is 2.13. The number of hydrogen-bond donors (Lipinski definition) is 1. The van der Waals surface area contributed by atoms with Crippen LogP contribution in [0.1, 0.15) is 24.1 Å². The first-order chi connectivity index (χ1) is 11.5. The standard InChI is InChI=1S/C16H17ClN6O/c1-11-5-3-4-6-13(11)8-22-10-18-16(21-22)20-15(24)12(2)23-9-14(17)7-19-23/h3-7,9-10,12H,8H2,1-2H3,(H,20,21,24). The summed E-state index contributed by atoms with van der Waals surface area (Å²) in [7, 11) is 0. The Morgan fingerprint density at radius 3 is 2.88 bits per heavy atom. The van der Waals surface area contributed by atoms with Crippen molar-refractivity contribution in [2.75, 3.05) is 5.32 Å². The molecule has 124 valence electrons. The van der Waals surface area contributed by atoms with Crippen LogP contribution in [0.15, 0.2) is 43.0 Å². The van der Waals surface area contributed by atoms with Gasteiger partial charge in [-0.3, -0.25) is 14.8 Å². The molecule has 0 saturated heterocycles. The molecule has 0 bridgehead atoms. The number of rotatable bonds is 5. The van der Waals surface area contributed by atoms with Crippen molar-refractivity contribution in [1.82, 2.24) is 24.5 Å². The molecule has 0 aliphatic heterocycles. The maximum atomic E-state index is 12.2. The summed E-state index contributed by atoms with van der Waals surface area (Å²) in [4.78, 5) is 16.4. The van der Waals surface area contributed by atoms with Gasteiger partial charge in [0.15, 0.2) is 0 Å². The van der Waals surface area contributed by atoms with Crippen molar-refractivity contribution in [3.8, 4) is 0 Å². The van der Waals surface area contributed by atoms with E-state index in [2.05, 4.69) is 20.5 Å². The highest BCUT2D eigenvalue weighted by Gasteiger charge is 2.17. The summed E-state index contributed by atoms with van der Waals surface area (Å²) in [5.41, 5.74) is 2.34. The van der Waals surface area contributed by atoms with Crippen LogP contribution in [0.3, 0.4) is 0 Å². The van der Waals surface area contributed by atoms with Crippen LogP contribution in [0.5, 0.6) is 0 Å². The fraction of sp³-hybridized carbons (Fsp3) is 0.250. The first-order valence-electron chi connectivity index (χ1n) is 7.47. The summed E-state index contributed by atoms with van der Waals surface area (Å²) in [6.45, 7) is 4.37. The van der Waals surface area contributed by atoms with Crippen molar-refractivity contribution in [1.29, 1.82) is 0 Å². The molecule has 24 heavy (non-hydrogen) atoms. The van der Waals surface area contributed by atoms with Crippen molar-refractivity contribution in [2.45, 2.75) is 26.4 Å². The minimum Gasteiger partial charge on any atom is -0.291 e. The zero-order valence-corrected chi connectivity index (χ0v) is 14.1. The predicted octanol–water partition coefficient (Wildman–Crippen LogP) is 2.68. The van der Waals surface area contributed by atoms with E-state index in [1.807, 2.05) is 31.2 Å². The lowest BCUT2D eigenvalue weighted by Crippen LogP contribution is -2.24. The average Bonchev–Trinajstić information content (AvgIpc) is 3.18. The Labute approximate surface area is 144 Å². The van der Waals surface area contributed by atoms with Gasteiger partial charge < -0.3 is 0 Å². The second-order valence-corrected chi connectivity index (χ2v) is 5.93. The highest BCUT2D eigenvalue weighted by atomic mass is 35.5. The molecule has 1 aromatic carbocycles. The molecule has 0 radical (unpaired) electrons. The number of hydrogen-bond acceptors (Lipinski definition) is 4. The molecule has 0 saturated carbocycles. The van der Waals surface area contributed by atoms with Gasteiger partial charge in [0, 0.05) is 6.20 Å². The minimum absolute atomic E-state index is 0.261. The largest absolute Gasteiger partial charge is 0.291 e. The topological polar surface area (TPSA) is 77.6 Å². The molecular weight excluding hydrogens is 328 g/mol. The fourth-order valence-electron chi connectivity index (χ4n) is 2.25. The van der Waals surface area contributed by atoms with Gasteiger partial charge in [-0.25, -0.2) is 9.67 Å². The van der Waals surface area contributed by atoms with Gasteiger partial charge in [-0.15, -0.1) is 5.10 Å². The molecule has 1 unspecified atom stereocenters.